The van der Waals surface area contributed by atoms with Gasteiger partial charge >= 0.3 is 5.97 Å². The summed E-state index contributed by atoms with van der Waals surface area (Å²) in [5.41, 5.74) is -0.0689. The first-order chi connectivity index (χ1) is 7.02. The third-order valence-corrected chi connectivity index (χ3v) is 1.33. The Balaban J connectivity index is 0.000000583. The molecule has 0 bridgehead atoms. The van der Waals surface area contributed by atoms with E-state index in [9.17, 15) is 14.9 Å². The smallest absolute Gasteiger partial charge is 0.335 e. The number of nitro groups is 1. The van der Waals surface area contributed by atoms with Gasteiger partial charge in [0, 0.05) is 26.4 Å². The molecule has 82 valence electrons. The summed E-state index contributed by atoms with van der Waals surface area (Å²) in [5.74, 6) is -1.09. The van der Waals surface area contributed by atoms with Crippen molar-refractivity contribution in [3.05, 3.63) is 39.9 Å². The average Bonchev–Trinajstić information content (AvgIpc) is 2.19. The average molecular weight is 213 g/mol. The molecule has 1 rings (SSSR count). The van der Waals surface area contributed by atoms with Crippen LogP contribution in [0.3, 0.4) is 0 Å². The summed E-state index contributed by atoms with van der Waals surface area (Å²) in [7, 11) is 3.25. The van der Waals surface area contributed by atoms with Crippen molar-refractivity contribution in [3.8, 4) is 0 Å². The van der Waals surface area contributed by atoms with Gasteiger partial charge in [-0.1, -0.05) is 0 Å². The number of nitro benzene ring substituents is 1. The van der Waals surface area contributed by atoms with E-state index in [1.807, 2.05) is 0 Å². The highest BCUT2D eigenvalue weighted by atomic mass is 16.6. The molecule has 0 spiro atoms. The molecule has 6 heteroatoms. The molecule has 0 atom stereocenters. The lowest BCUT2D eigenvalue weighted by atomic mass is 10.2. The monoisotopic (exact) mass is 213 g/mol. The molecule has 0 heterocycles. The van der Waals surface area contributed by atoms with Gasteiger partial charge in [0.15, 0.2) is 0 Å². The topological polar surface area (TPSA) is 89.7 Å². The number of aromatic carboxylic acids is 1. The molecule has 0 saturated carbocycles. The first kappa shape index (κ1) is 13.1. The molecule has 0 aromatic heterocycles. The van der Waals surface area contributed by atoms with Crippen LogP contribution in [0, 0.1) is 10.1 Å². The zero-order valence-corrected chi connectivity index (χ0v) is 8.34. The zero-order valence-electron chi connectivity index (χ0n) is 8.34. The number of non-ortho nitro benzene ring substituents is 1. The summed E-state index contributed by atoms with van der Waals surface area (Å²) in [6.07, 6.45) is 0. The third kappa shape index (κ3) is 4.72. The van der Waals surface area contributed by atoms with Crippen molar-refractivity contribution in [2.45, 2.75) is 0 Å². The van der Waals surface area contributed by atoms with Crippen molar-refractivity contribution in [1.29, 1.82) is 0 Å². The molecule has 0 saturated heterocycles. The number of hydrogen-bond acceptors (Lipinski definition) is 4. The van der Waals surface area contributed by atoms with Gasteiger partial charge in [-0.15, -0.1) is 0 Å². The molecule has 15 heavy (non-hydrogen) atoms. The van der Waals surface area contributed by atoms with E-state index in [1.165, 1.54) is 12.1 Å². The van der Waals surface area contributed by atoms with Gasteiger partial charge in [-0.05, 0) is 12.1 Å². The standard InChI is InChI=1S/C7H5NO4.C2H6O/c9-7(10)5-1-3-6(4-2-5)8(11)12;1-3-2/h1-4H,(H,9,10);1-2H3. The first-order valence-electron chi connectivity index (χ1n) is 3.90. The summed E-state index contributed by atoms with van der Waals surface area (Å²) in [6, 6.07) is 4.70. The van der Waals surface area contributed by atoms with Crippen LogP contribution >= 0.6 is 0 Å². The molecule has 6 nitrogen and oxygen atoms in total. The van der Waals surface area contributed by atoms with Crippen LogP contribution in [-0.2, 0) is 4.74 Å². The number of carboxylic acid groups (broad SMARTS) is 1. The maximum Gasteiger partial charge on any atom is 0.335 e. The van der Waals surface area contributed by atoms with Crippen molar-refractivity contribution in [1.82, 2.24) is 0 Å². The lowest BCUT2D eigenvalue weighted by Crippen LogP contribution is -1.96. The van der Waals surface area contributed by atoms with Gasteiger partial charge in [-0.3, -0.25) is 10.1 Å². The molecule has 0 amide bonds. The van der Waals surface area contributed by atoms with Gasteiger partial charge in [-0.2, -0.15) is 0 Å². The Labute approximate surface area is 86.3 Å². The summed E-state index contributed by atoms with van der Waals surface area (Å²) >= 11 is 0. The van der Waals surface area contributed by atoms with E-state index in [4.69, 9.17) is 5.11 Å². The summed E-state index contributed by atoms with van der Waals surface area (Å²) < 4.78 is 4.25. The highest BCUT2D eigenvalue weighted by Crippen LogP contribution is 2.11. The maximum absolute atomic E-state index is 10.3. The number of benzene rings is 1. The molecule has 0 aliphatic rings. The van der Waals surface area contributed by atoms with Crippen LogP contribution in [0.25, 0.3) is 0 Å². The van der Waals surface area contributed by atoms with Gasteiger partial charge in [0.1, 0.15) is 0 Å². The van der Waals surface area contributed by atoms with E-state index in [2.05, 4.69) is 4.74 Å². The number of hydrogen-bond donors (Lipinski definition) is 1. The zero-order chi connectivity index (χ0) is 11.8. The van der Waals surface area contributed by atoms with Crippen LogP contribution in [0.5, 0.6) is 0 Å². The molecule has 0 aliphatic carbocycles. The molecule has 0 radical (unpaired) electrons. The summed E-state index contributed by atoms with van der Waals surface area (Å²) in [5, 5.41) is 18.6. The highest BCUT2D eigenvalue weighted by molar-refractivity contribution is 5.87. The van der Waals surface area contributed by atoms with Crippen LogP contribution < -0.4 is 0 Å². The number of carboxylic acids is 1. The van der Waals surface area contributed by atoms with E-state index in [1.54, 1.807) is 14.2 Å². The SMILES string of the molecule is COC.O=C(O)c1ccc([N+](=O)[O-])cc1. The quantitative estimate of drug-likeness (QED) is 0.594. The van der Waals surface area contributed by atoms with Gasteiger partial charge in [0.05, 0.1) is 10.5 Å². The van der Waals surface area contributed by atoms with Crippen LogP contribution in [0.2, 0.25) is 0 Å². The molecular weight excluding hydrogens is 202 g/mol. The van der Waals surface area contributed by atoms with Crippen molar-refractivity contribution >= 4 is 11.7 Å². The Hall–Kier alpha value is -1.95. The van der Waals surface area contributed by atoms with E-state index in [-0.39, 0.29) is 11.3 Å². The Morgan fingerprint density at radius 3 is 2.00 bits per heavy atom. The molecule has 0 unspecified atom stereocenters. The molecule has 0 fully saturated rings. The van der Waals surface area contributed by atoms with E-state index < -0.39 is 10.9 Å². The van der Waals surface area contributed by atoms with Crippen LogP contribution in [0.1, 0.15) is 10.4 Å². The second kappa shape index (κ2) is 6.50. The Kier molecular flexibility index (Phi) is 5.65. The predicted molar refractivity (Wildman–Crippen MR) is 53.0 cm³/mol. The normalized spacial score (nSPS) is 8.67. The van der Waals surface area contributed by atoms with Crippen molar-refractivity contribution in [2.75, 3.05) is 14.2 Å². The maximum atomic E-state index is 10.3. The number of carbonyl (C=O) groups is 1. The minimum absolute atomic E-state index is 0.0422. The van der Waals surface area contributed by atoms with Crippen molar-refractivity contribution in [2.24, 2.45) is 0 Å². The predicted octanol–water partition coefficient (Wildman–Crippen LogP) is 1.56. The summed E-state index contributed by atoms with van der Waals surface area (Å²) in [6.45, 7) is 0. The Morgan fingerprint density at radius 2 is 1.73 bits per heavy atom. The second-order valence-corrected chi connectivity index (χ2v) is 2.52. The van der Waals surface area contributed by atoms with Crippen molar-refractivity contribution in [3.63, 3.8) is 0 Å². The third-order valence-electron chi connectivity index (χ3n) is 1.33. The number of rotatable bonds is 2. The Bertz CT molecular complexity index is 300. The number of nitrogens with zero attached hydrogens (tertiary/aromatic N) is 1. The van der Waals surface area contributed by atoms with E-state index >= 15 is 0 Å². The van der Waals surface area contributed by atoms with Crippen LogP contribution in [0.15, 0.2) is 24.3 Å². The molecular formula is C9H11NO5. The molecule has 1 aromatic rings. The minimum Gasteiger partial charge on any atom is -0.478 e. The first-order valence-corrected chi connectivity index (χ1v) is 3.90. The minimum atomic E-state index is -1.09. The summed E-state index contributed by atoms with van der Waals surface area (Å²) in [4.78, 5) is 19.9. The highest BCUT2D eigenvalue weighted by Gasteiger charge is 2.06. The number of ether oxygens (including phenoxy) is 1. The van der Waals surface area contributed by atoms with Gasteiger partial charge in [0.2, 0.25) is 0 Å². The molecule has 1 aromatic carbocycles. The molecule has 1 N–H and O–H groups in total. The van der Waals surface area contributed by atoms with E-state index in [0.29, 0.717) is 0 Å². The lowest BCUT2D eigenvalue weighted by molar-refractivity contribution is -0.384. The fourth-order valence-electron chi connectivity index (χ4n) is 0.726. The lowest BCUT2D eigenvalue weighted by Gasteiger charge is -1.92. The molecule has 0 aliphatic heterocycles. The second-order valence-electron chi connectivity index (χ2n) is 2.52. The van der Waals surface area contributed by atoms with Gasteiger partial charge < -0.3 is 9.84 Å². The Morgan fingerprint density at radius 1 is 1.33 bits per heavy atom. The van der Waals surface area contributed by atoms with E-state index in [0.717, 1.165) is 12.1 Å². The van der Waals surface area contributed by atoms with Crippen LogP contribution in [0.4, 0.5) is 5.69 Å². The fourth-order valence-corrected chi connectivity index (χ4v) is 0.726. The largest absolute Gasteiger partial charge is 0.478 e. The van der Waals surface area contributed by atoms with Gasteiger partial charge in [0.25, 0.3) is 5.69 Å². The number of methoxy groups -OCH3 is 1. The fraction of sp³-hybridized carbons (Fsp3) is 0.222. The van der Waals surface area contributed by atoms with Gasteiger partial charge in [-0.25, -0.2) is 4.79 Å². The van der Waals surface area contributed by atoms with Crippen molar-refractivity contribution < 1.29 is 19.6 Å². The van der Waals surface area contributed by atoms with Crippen LogP contribution in [-0.4, -0.2) is 30.2 Å².